The predicted molar refractivity (Wildman–Crippen MR) is 78.4 cm³/mol. The van der Waals surface area contributed by atoms with E-state index in [4.69, 9.17) is 4.74 Å². The van der Waals surface area contributed by atoms with E-state index in [1.807, 2.05) is 0 Å². The molecule has 1 amide bonds. The number of benzene rings is 1. The molecule has 5 nitrogen and oxygen atoms in total. The van der Waals surface area contributed by atoms with Gasteiger partial charge >= 0.3 is 0 Å². The van der Waals surface area contributed by atoms with Crippen LogP contribution < -0.4 is 15.5 Å². The van der Waals surface area contributed by atoms with Crippen LogP contribution in [0.3, 0.4) is 0 Å². The summed E-state index contributed by atoms with van der Waals surface area (Å²) in [5, 5.41) is 2.68. The number of hydrogen-bond donors (Lipinski definition) is 2. The fourth-order valence-electron chi connectivity index (χ4n) is 2.48. The van der Waals surface area contributed by atoms with E-state index in [0.717, 1.165) is 24.3 Å². The molecule has 2 N–H and O–H groups in total. The van der Waals surface area contributed by atoms with Gasteiger partial charge in [-0.2, -0.15) is 0 Å². The highest BCUT2D eigenvalue weighted by atomic mass is 19.1. The molecular formula is C16H14F2N2O3. The van der Waals surface area contributed by atoms with Crippen LogP contribution in [0.15, 0.2) is 35.3 Å². The summed E-state index contributed by atoms with van der Waals surface area (Å²) in [4.78, 5) is 26.6. The molecule has 1 aromatic carbocycles. The van der Waals surface area contributed by atoms with E-state index >= 15 is 0 Å². The van der Waals surface area contributed by atoms with Crippen LogP contribution in [-0.2, 0) is 5.54 Å². The summed E-state index contributed by atoms with van der Waals surface area (Å²) >= 11 is 0. The summed E-state index contributed by atoms with van der Waals surface area (Å²) in [5.41, 5.74) is -1.24. The minimum absolute atomic E-state index is 0.0267. The van der Waals surface area contributed by atoms with Gasteiger partial charge in [-0.3, -0.25) is 9.59 Å². The molecule has 0 unspecified atom stereocenters. The van der Waals surface area contributed by atoms with Crippen LogP contribution >= 0.6 is 0 Å². The molecule has 1 aliphatic carbocycles. The fraction of sp³-hybridized carbons (Fsp3) is 0.250. The summed E-state index contributed by atoms with van der Waals surface area (Å²) in [7, 11) is 1.34. The van der Waals surface area contributed by atoms with Crippen LogP contribution in [0.1, 0.15) is 28.9 Å². The number of methoxy groups -OCH3 is 1. The van der Waals surface area contributed by atoms with Gasteiger partial charge < -0.3 is 15.0 Å². The number of halogens is 2. The third-order valence-corrected chi connectivity index (χ3v) is 3.89. The summed E-state index contributed by atoms with van der Waals surface area (Å²) in [5.74, 6) is -1.63. The second-order valence-electron chi connectivity index (χ2n) is 5.44. The molecule has 0 aliphatic heterocycles. The molecule has 0 bridgehead atoms. The number of amides is 1. The fourth-order valence-corrected chi connectivity index (χ4v) is 2.48. The van der Waals surface area contributed by atoms with Crippen LogP contribution in [0.4, 0.5) is 8.78 Å². The first-order chi connectivity index (χ1) is 10.9. The first-order valence-electron chi connectivity index (χ1n) is 7.00. The first kappa shape index (κ1) is 15.2. The number of carbonyl (C=O) groups is 1. The van der Waals surface area contributed by atoms with E-state index in [-0.39, 0.29) is 17.0 Å². The number of aromatic nitrogens is 1. The van der Waals surface area contributed by atoms with Crippen molar-refractivity contribution in [1.29, 1.82) is 0 Å². The van der Waals surface area contributed by atoms with E-state index in [9.17, 15) is 18.4 Å². The molecule has 23 heavy (non-hydrogen) atoms. The number of rotatable bonds is 4. The van der Waals surface area contributed by atoms with E-state index in [1.165, 1.54) is 13.3 Å². The topological polar surface area (TPSA) is 71.2 Å². The molecule has 0 saturated heterocycles. The Morgan fingerprint density at radius 1 is 1.30 bits per heavy atom. The van der Waals surface area contributed by atoms with Gasteiger partial charge in [0, 0.05) is 17.8 Å². The highest BCUT2D eigenvalue weighted by Crippen LogP contribution is 2.46. The van der Waals surface area contributed by atoms with E-state index in [1.54, 1.807) is 0 Å². The molecule has 0 radical (unpaired) electrons. The lowest BCUT2D eigenvalue weighted by Crippen LogP contribution is -2.36. The summed E-state index contributed by atoms with van der Waals surface area (Å²) in [6, 6.07) is 4.25. The van der Waals surface area contributed by atoms with Gasteiger partial charge in [0.1, 0.15) is 17.3 Å². The van der Waals surface area contributed by atoms with Crippen molar-refractivity contribution in [3.05, 3.63) is 63.6 Å². The molecule has 0 spiro atoms. The van der Waals surface area contributed by atoms with Crippen LogP contribution in [-0.4, -0.2) is 18.0 Å². The van der Waals surface area contributed by atoms with E-state index < -0.39 is 28.5 Å². The molecule has 2 aromatic rings. The Balaban J connectivity index is 1.86. The van der Waals surface area contributed by atoms with Gasteiger partial charge in [-0.05, 0) is 31.0 Å². The molecule has 1 saturated carbocycles. The van der Waals surface area contributed by atoms with Crippen molar-refractivity contribution in [3.63, 3.8) is 0 Å². The lowest BCUT2D eigenvalue weighted by molar-refractivity contribution is 0.0924. The third-order valence-electron chi connectivity index (χ3n) is 3.89. The second-order valence-corrected chi connectivity index (χ2v) is 5.44. The maximum atomic E-state index is 13.9. The molecule has 1 heterocycles. The van der Waals surface area contributed by atoms with Crippen LogP contribution in [0, 0.1) is 11.6 Å². The minimum atomic E-state index is -0.930. The summed E-state index contributed by atoms with van der Waals surface area (Å²) < 4.78 is 32.1. The molecule has 120 valence electrons. The minimum Gasteiger partial charge on any atom is -0.491 e. The lowest BCUT2D eigenvalue weighted by atomic mass is 10.0. The Morgan fingerprint density at radius 3 is 2.65 bits per heavy atom. The van der Waals surface area contributed by atoms with Crippen molar-refractivity contribution in [3.8, 4) is 5.75 Å². The maximum absolute atomic E-state index is 13.9. The normalized spacial score (nSPS) is 15.1. The number of hydrogen-bond acceptors (Lipinski definition) is 3. The average Bonchev–Trinajstić information content (AvgIpc) is 3.30. The molecule has 1 aliphatic rings. The Bertz CT molecular complexity index is 828. The smallest absolute Gasteiger partial charge is 0.268 e. The zero-order valence-corrected chi connectivity index (χ0v) is 12.3. The number of pyridine rings is 1. The molecule has 0 atom stereocenters. The van der Waals surface area contributed by atoms with Gasteiger partial charge in [-0.1, -0.05) is 0 Å². The van der Waals surface area contributed by atoms with Crippen molar-refractivity contribution in [2.75, 3.05) is 7.11 Å². The van der Waals surface area contributed by atoms with Crippen molar-refractivity contribution in [2.45, 2.75) is 18.4 Å². The third kappa shape index (κ3) is 2.81. The van der Waals surface area contributed by atoms with E-state index in [2.05, 4.69) is 10.3 Å². The zero-order valence-electron chi connectivity index (χ0n) is 12.3. The van der Waals surface area contributed by atoms with Gasteiger partial charge in [-0.15, -0.1) is 0 Å². The van der Waals surface area contributed by atoms with Crippen molar-refractivity contribution in [2.24, 2.45) is 0 Å². The molecule has 1 aromatic heterocycles. The SMILES string of the molecule is COc1c[nH]c(C(=O)NC2(c3cc(F)ccc3F)CC2)cc1=O. The van der Waals surface area contributed by atoms with Gasteiger partial charge in [-0.25, -0.2) is 8.78 Å². The molecular weight excluding hydrogens is 306 g/mol. The summed E-state index contributed by atoms with van der Waals surface area (Å²) in [6.07, 6.45) is 2.28. The first-order valence-corrected chi connectivity index (χ1v) is 7.00. The number of nitrogens with one attached hydrogen (secondary N) is 2. The lowest BCUT2D eigenvalue weighted by Gasteiger charge is -2.18. The van der Waals surface area contributed by atoms with Crippen molar-refractivity contribution in [1.82, 2.24) is 10.3 Å². The Kier molecular flexibility index (Phi) is 3.63. The standard InChI is InChI=1S/C16H14F2N2O3/c1-23-14-8-19-12(7-13(14)21)15(22)20-16(4-5-16)10-6-9(17)2-3-11(10)18/h2-3,6-8H,4-5H2,1H3,(H,19,21)(H,20,22). The van der Waals surface area contributed by atoms with E-state index in [0.29, 0.717) is 12.8 Å². The van der Waals surface area contributed by atoms with Crippen LogP contribution in [0.2, 0.25) is 0 Å². The van der Waals surface area contributed by atoms with Crippen LogP contribution in [0.5, 0.6) is 5.75 Å². The Labute approximate surface area is 130 Å². The van der Waals surface area contributed by atoms with Crippen molar-refractivity contribution >= 4 is 5.91 Å². The van der Waals surface area contributed by atoms with Gasteiger partial charge in [0.05, 0.1) is 12.6 Å². The summed E-state index contributed by atoms with van der Waals surface area (Å²) in [6.45, 7) is 0. The number of H-pyrrole nitrogens is 1. The number of carbonyl (C=O) groups excluding carboxylic acids is 1. The van der Waals surface area contributed by atoms with Gasteiger partial charge in [0.15, 0.2) is 5.75 Å². The molecule has 3 rings (SSSR count). The van der Waals surface area contributed by atoms with Gasteiger partial charge in [0.25, 0.3) is 5.91 Å². The average molecular weight is 320 g/mol. The van der Waals surface area contributed by atoms with Gasteiger partial charge in [0.2, 0.25) is 5.43 Å². The maximum Gasteiger partial charge on any atom is 0.268 e. The monoisotopic (exact) mass is 320 g/mol. The predicted octanol–water partition coefficient (Wildman–Crippen LogP) is 2.08. The second kappa shape index (κ2) is 5.49. The van der Waals surface area contributed by atoms with Crippen molar-refractivity contribution < 1.29 is 18.3 Å². The highest BCUT2D eigenvalue weighted by molar-refractivity contribution is 5.93. The zero-order chi connectivity index (χ0) is 16.6. The molecule has 7 heteroatoms. The highest BCUT2D eigenvalue weighted by Gasteiger charge is 2.47. The quantitative estimate of drug-likeness (QED) is 0.906. The number of aromatic amines is 1. The molecule has 1 fully saturated rings. The number of ether oxygens (including phenoxy) is 1. The largest absolute Gasteiger partial charge is 0.491 e. The van der Waals surface area contributed by atoms with Crippen LogP contribution in [0.25, 0.3) is 0 Å². The Morgan fingerprint density at radius 2 is 2.04 bits per heavy atom. The Hall–Kier alpha value is -2.70.